The Bertz CT molecular complexity index is 1000. The molecule has 1 heterocycles. The molecule has 1 aliphatic heterocycles. The minimum absolute atomic E-state index is 0.00109. The van der Waals surface area contributed by atoms with Gasteiger partial charge in [0.2, 0.25) is 11.8 Å². The van der Waals surface area contributed by atoms with E-state index in [4.69, 9.17) is 4.74 Å². The Hall–Kier alpha value is -2.81. The highest BCUT2D eigenvalue weighted by Gasteiger charge is 2.33. The third-order valence-corrected chi connectivity index (χ3v) is 6.51. The van der Waals surface area contributed by atoms with E-state index in [2.05, 4.69) is 4.74 Å². The van der Waals surface area contributed by atoms with Gasteiger partial charge in [0, 0.05) is 30.4 Å². The summed E-state index contributed by atoms with van der Waals surface area (Å²) in [5.41, 5.74) is 1.61. The van der Waals surface area contributed by atoms with Gasteiger partial charge in [0.1, 0.15) is 0 Å². The number of nitrogens with zero attached hydrogens (tertiary/aromatic N) is 2. The number of anilines is 1. The van der Waals surface area contributed by atoms with Crippen LogP contribution in [0.4, 0.5) is 14.5 Å². The van der Waals surface area contributed by atoms with Crippen molar-refractivity contribution in [2.75, 3.05) is 24.3 Å². The molecule has 32 heavy (non-hydrogen) atoms. The van der Waals surface area contributed by atoms with Gasteiger partial charge in [-0.25, -0.2) is 0 Å². The van der Waals surface area contributed by atoms with E-state index in [1.54, 1.807) is 21.9 Å². The van der Waals surface area contributed by atoms with E-state index in [1.165, 1.54) is 24.9 Å². The number of amides is 2. The fourth-order valence-electron chi connectivity index (χ4n) is 3.76. The fraction of sp³-hybridized carbons (Fsp3) is 0.391. The van der Waals surface area contributed by atoms with Gasteiger partial charge >= 0.3 is 6.61 Å². The van der Waals surface area contributed by atoms with Gasteiger partial charge < -0.3 is 19.3 Å². The van der Waals surface area contributed by atoms with E-state index < -0.39 is 6.61 Å². The lowest BCUT2D eigenvalue weighted by Crippen LogP contribution is -2.40. The monoisotopic (exact) mass is 462 g/mol. The summed E-state index contributed by atoms with van der Waals surface area (Å²) >= 11 is 1.51. The van der Waals surface area contributed by atoms with Crippen molar-refractivity contribution in [1.29, 1.82) is 0 Å². The van der Waals surface area contributed by atoms with Gasteiger partial charge in [-0.2, -0.15) is 8.78 Å². The maximum atomic E-state index is 13.1. The lowest BCUT2D eigenvalue weighted by atomic mass is 10.1. The molecule has 170 valence electrons. The van der Waals surface area contributed by atoms with Crippen LogP contribution in [0.2, 0.25) is 0 Å². The number of hydrogen-bond acceptors (Lipinski definition) is 5. The van der Waals surface area contributed by atoms with Crippen molar-refractivity contribution in [3.63, 3.8) is 0 Å². The van der Waals surface area contributed by atoms with Gasteiger partial charge in [-0.05, 0) is 42.7 Å². The third kappa shape index (κ3) is 5.15. The van der Waals surface area contributed by atoms with Gasteiger partial charge in [0.15, 0.2) is 11.5 Å². The minimum atomic E-state index is -2.94. The molecule has 4 rings (SSSR count). The molecule has 0 aromatic heterocycles. The molecule has 2 amide bonds. The fourth-order valence-corrected chi connectivity index (χ4v) is 4.69. The highest BCUT2D eigenvalue weighted by molar-refractivity contribution is 8.00. The third-order valence-electron chi connectivity index (χ3n) is 5.46. The van der Waals surface area contributed by atoms with Gasteiger partial charge in [-0.15, -0.1) is 11.8 Å². The molecular weight excluding hydrogens is 438 g/mol. The summed E-state index contributed by atoms with van der Waals surface area (Å²) in [4.78, 5) is 30.1. The van der Waals surface area contributed by atoms with Crippen molar-refractivity contribution in [3.8, 4) is 11.5 Å². The minimum Gasteiger partial charge on any atom is -0.493 e. The Balaban J connectivity index is 1.44. The molecule has 1 fully saturated rings. The smallest absolute Gasteiger partial charge is 0.387 e. The van der Waals surface area contributed by atoms with Crippen LogP contribution in [0.15, 0.2) is 47.4 Å². The van der Waals surface area contributed by atoms with Crippen LogP contribution in [-0.4, -0.2) is 48.8 Å². The van der Waals surface area contributed by atoms with Gasteiger partial charge in [-0.1, -0.05) is 18.2 Å². The molecule has 0 spiro atoms. The molecule has 1 saturated carbocycles. The first-order chi connectivity index (χ1) is 15.5. The van der Waals surface area contributed by atoms with Crippen molar-refractivity contribution in [3.05, 3.63) is 48.0 Å². The highest BCUT2D eigenvalue weighted by atomic mass is 32.2. The van der Waals surface area contributed by atoms with E-state index in [9.17, 15) is 18.4 Å². The Kier molecular flexibility index (Phi) is 6.83. The van der Waals surface area contributed by atoms with Crippen LogP contribution in [-0.2, 0) is 16.1 Å². The number of fused-ring (bicyclic) bond motifs is 1. The predicted molar refractivity (Wildman–Crippen MR) is 117 cm³/mol. The van der Waals surface area contributed by atoms with Gasteiger partial charge in [0.05, 0.1) is 18.6 Å². The molecule has 9 heteroatoms. The normalized spacial score (nSPS) is 15.5. The van der Waals surface area contributed by atoms with Crippen molar-refractivity contribution in [1.82, 2.24) is 4.90 Å². The lowest BCUT2D eigenvalue weighted by molar-refractivity contribution is -0.132. The van der Waals surface area contributed by atoms with Crippen LogP contribution in [0.25, 0.3) is 0 Å². The zero-order valence-corrected chi connectivity index (χ0v) is 18.4. The Morgan fingerprint density at radius 2 is 2.00 bits per heavy atom. The number of hydrogen-bond donors (Lipinski definition) is 0. The van der Waals surface area contributed by atoms with Crippen LogP contribution in [0.5, 0.6) is 11.5 Å². The number of para-hydroxylation sites is 1. The molecule has 2 aromatic carbocycles. The molecule has 2 aliphatic rings. The van der Waals surface area contributed by atoms with Crippen molar-refractivity contribution >= 4 is 29.3 Å². The molecule has 0 radical (unpaired) electrons. The van der Waals surface area contributed by atoms with Crippen molar-refractivity contribution < 1.29 is 27.8 Å². The molecule has 0 unspecified atom stereocenters. The van der Waals surface area contributed by atoms with Gasteiger partial charge in [0.25, 0.3) is 0 Å². The Morgan fingerprint density at radius 1 is 1.22 bits per heavy atom. The maximum Gasteiger partial charge on any atom is 0.387 e. The number of rotatable bonds is 9. The largest absolute Gasteiger partial charge is 0.493 e. The average molecular weight is 463 g/mol. The van der Waals surface area contributed by atoms with Crippen LogP contribution in [0.3, 0.4) is 0 Å². The zero-order chi connectivity index (χ0) is 22.7. The summed E-state index contributed by atoms with van der Waals surface area (Å²) in [7, 11) is 1.38. The molecular formula is C23H24F2N2O4S. The van der Waals surface area contributed by atoms with Crippen molar-refractivity contribution in [2.24, 2.45) is 0 Å². The van der Waals surface area contributed by atoms with Crippen LogP contribution >= 0.6 is 11.8 Å². The highest BCUT2D eigenvalue weighted by Crippen LogP contribution is 2.36. The van der Waals surface area contributed by atoms with Crippen LogP contribution in [0.1, 0.15) is 24.8 Å². The number of thioether (sulfide) groups is 1. The molecule has 0 bridgehead atoms. The maximum absolute atomic E-state index is 13.1. The first-order valence-corrected chi connectivity index (χ1v) is 11.4. The molecule has 1 aliphatic carbocycles. The van der Waals surface area contributed by atoms with E-state index in [1.807, 2.05) is 24.3 Å². The standard InChI is InChI=1S/C23H24F2N2O4S/c1-30-19-12-15(6-9-18(19)31-23(24)25)13-27(16-7-8-16)21(28)10-11-26-17-4-2-3-5-20(17)32-14-22(26)29/h2-6,9,12,16,23H,7-8,10-11,13-14H2,1H3. The summed E-state index contributed by atoms with van der Waals surface area (Å²) in [6, 6.07) is 12.6. The first kappa shape index (κ1) is 22.4. The number of alkyl halides is 2. The summed E-state index contributed by atoms with van der Waals surface area (Å²) in [5.74, 6) is 0.473. The quantitative estimate of drug-likeness (QED) is 0.556. The summed E-state index contributed by atoms with van der Waals surface area (Å²) in [6.45, 7) is -2.28. The number of ether oxygens (including phenoxy) is 2. The van der Waals surface area contributed by atoms with E-state index in [0.717, 1.165) is 29.0 Å². The molecule has 0 N–H and O–H groups in total. The summed E-state index contributed by atoms with van der Waals surface area (Å²) in [5, 5.41) is 0. The van der Waals surface area contributed by atoms with E-state index >= 15 is 0 Å². The SMILES string of the molecule is COc1cc(CN(C(=O)CCN2C(=O)CSc3ccccc32)C2CC2)ccc1OC(F)F. The summed E-state index contributed by atoms with van der Waals surface area (Å²) < 4.78 is 34.8. The van der Waals surface area contributed by atoms with E-state index in [-0.39, 0.29) is 35.8 Å². The second-order valence-corrected chi connectivity index (χ2v) is 8.69. The van der Waals surface area contributed by atoms with Crippen LogP contribution < -0.4 is 14.4 Å². The Morgan fingerprint density at radius 3 is 2.72 bits per heavy atom. The van der Waals surface area contributed by atoms with Crippen molar-refractivity contribution in [2.45, 2.75) is 43.4 Å². The topological polar surface area (TPSA) is 59.1 Å². The number of benzene rings is 2. The first-order valence-electron chi connectivity index (χ1n) is 10.4. The molecule has 0 saturated heterocycles. The second-order valence-electron chi connectivity index (χ2n) is 7.67. The number of carbonyl (C=O) groups excluding carboxylic acids is 2. The zero-order valence-electron chi connectivity index (χ0n) is 17.6. The number of carbonyl (C=O) groups is 2. The number of methoxy groups -OCH3 is 1. The number of halogens is 2. The summed E-state index contributed by atoms with van der Waals surface area (Å²) in [6.07, 6.45) is 2.07. The molecule has 2 aromatic rings. The average Bonchev–Trinajstić information content (AvgIpc) is 3.62. The Labute approximate surface area is 189 Å². The van der Waals surface area contributed by atoms with E-state index in [0.29, 0.717) is 18.8 Å². The van der Waals surface area contributed by atoms with Gasteiger partial charge in [-0.3, -0.25) is 9.59 Å². The van der Waals surface area contributed by atoms with Crippen LogP contribution in [0, 0.1) is 0 Å². The molecule has 6 nitrogen and oxygen atoms in total. The lowest BCUT2D eigenvalue weighted by Gasteiger charge is -2.30. The predicted octanol–water partition coefficient (Wildman–Crippen LogP) is 4.32. The second kappa shape index (κ2) is 9.77. The molecule has 0 atom stereocenters.